The Labute approximate surface area is 254 Å². The smallest absolute Gasteiger partial charge is 0.436 e. The number of carbonyl (C=O) groups is 4. The second-order valence-corrected chi connectivity index (χ2v) is 12.6. The summed E-state index contributed by atoms with van der Waals surface area (Å²) in [5, 5.41) is 5.94. The predicted molar refractivity (Wildman–Crippen MR) is 152 cm³/mol. The van der Waals surface area contributed by atoms with Crippen molar-refractivity contribution >= 4 is 24.0 Å². The van der Waals surface area contributed by atoms with Crippen LogP contribution in [0.15, 0.2) is 60.7 Å². The van der Waals surface area contributed by atoms with Gasteiger partial charge in [0.2, 0.25) is 5.91 Å². The molecular weight excluding hydrogens is 572 g/mol. The van der Waals surface area contributed by atoms with Gasteiger partial charge in [0.25, 0.3) is 5.91 Å². The lowest BCUT2D eigenvalue weighted by atomic mass is 9.87. The first kappa shape index (κ1) is 29.9. The molecule has 4 amide bonds. The molecule has 6 atom stereocenters. The van der Waals surface area contributed by atoms with Crippen LogP contribution in [0.4, 0.5) is 9.59 Å². The van der Waals surface area contributed by atoms with E-state index >= 15 is 0 Å². The summed E-state index contributed by atoms with van der Waals surface area (Å²) in [4.78, 5) is 60.6. The number of hydroxylamine groups is 2. The maximum absolute atomic E-state index is 13.8. The Bertz CT molecular complexity index is 1430. The molecule has 5 fully saturated rings. The number of amides is 4. The van der Waals surface area contributed by atoms with E-state index in [0.29, 0.717) is 0 Å². The Morgan fingerprint density at radius 1 is 0.886 bits per heavy atom. The molecule has 0 spiro atoms. The van der Waals surface area contributed by atoms with Crippen molar-refractivity contribution in [2.45, 2.75) is 95.6 Å². The molecule has 2 bridgehead atoms. The van der Waals surface area contributed by atoms with E-state index in [1.54, 1.807) is 46.8 Å². The lowest BCUT2D eigenvalue weighted by molar-refractivity contribution is -0.275. The third kappa shape index (κ3) is 5.58. The zero-order valence-electron chi connectivity index (χ0n) is 25.2. The summed E-state index contributed by atoms with van der Waals surface area (Å²) < 4.78 is 23.8. The average molecular weight is 609 g/mol. The predicted octanol–water partition coefficient (Wildman–Crippen LogP) is 2.89. The first-order chi connectivity index (χ1) is 20.8. The highest BCUT2D eigenvalue weighted by Crippen LogP contribution is 2.47. The van der Waals surface area contributed by atoms with Crippen molar-refractivity contribution in [3.8, 4) is 0 Å². The Morgan fingerprint density at radius 2 is 1.50 bits per heavy atom. The van der Waals surface area contributed by atoms with Gasteiger partial charge in [0.05, 0.1) is 6.42 Å². The number of nitrogens with zero attached hydrogens (tertiary/aromatic N) is 3. The first-order valence-electron chi connectivity index (χ1n) is 14.5. The van der Waals surface area contributed by atoms with Crippen LogP contribution in [0, 0.1) is 0 Å². The Morgan fingerprint density at radius 3 is 2.14 bits per heavy atom. The summed E-state index contributed by atoms with van der Waals surface area (Å²) in [7, 11) is 0. The van der Waals surface area contributed by atoms with Crippen molar-refractivity contribution in [3.05, 3.63) is 71.8 Å². The number of ether oxygens (including phenoxy) is 4. The standard InChI is InChI=1S/C31H36N4O9/c1-30(2,3)43-28(38)34-26-25-24(41-31(4,5)42-25)23(44-35(26)29(39)40-17-19-14-10-7-11-15-19)22-21(27(37)33(22)34)32-20(36)16-18-12-8-6-9-13-18/h6-15,21-26H,16-17H2,1-5H3,(H,32,36)/t21-,22-,23+,24-,25-,26-/m1/s1. The molecule has 0 unspecified atom stereocenters. The van der Waals surface area contributed by atoms with Crippen LogP contribution < -0.4 is 5.32 Å². The third-order valence-electron chi connectivity index (χ3n) is 7.68. The summed E-state index contributed by atoms with van der Waals surface area (Å²) in [6, 6.07) is 16.2. The minimum atomic E-state index is -1.33. The van der Waals surface area contributed by atoms with E-state index in [4.69, 9.17) is 23.8 Å². The fourth-order valence-corrected chi connectivity index (χ4v) is 5.98. The van der Waals surface area contributed by atoms with E-state index in [-0.39, 0.29) is 13.0 Å². The van der Waals surface area contributed by atoms with Crippen molar-refractivity contribution < 1.29 is 43.0 Å². The topological polar surface area (TPSA) is 136 Å². The number of hydrogen-bond donors (Lipinski definition) is 1. The van der Waals surface area contributed by atoms with Gasteiger partial charge in [-0.2, -0.15) is 10.1 Å². The number of hydrazine groups is 1. The maximum atomic E-state index is 13.8. The van der Waals surface area contributed by atoms with E-state index in [9.17, 15) is 19.2 Å². The van der Waals surface area contributed by atoms with Crippen LogP contribution in [0.3, 0.4) is 0 Å². The Hall–Kier alpha value is -4.20. The zero-order chi connectivity index (χ0) is 31.4. The molecule has 13 heteroatoms. The molecule has 234 valence electrons. The highest BCUT2D eigenvalue weighted by atomic mass is 16.8. The van der Waals surface area contributed by atoms with Gasteiger partial charge in [-0.3, -0.25) is 14.4 Å². The number of fused-ring (bicyclic) bond motifs is 1. The molecule has 0 aliphatic carbocycles. The van der Waals surface area contributed by atoms with Gasteiger partial charge in [-0.1, -0.05) is 60.7 Å². The molecule has 5 aliphatic rings. The maximum Gasteiger partial charge on any atom is 0.436 e. The van der Waals surface area contributed by atoms with Crippen molar-refractivity contribution in [2.75, 3.05) is 0 Å². The van der Waals surface area contributed by atoms with Gasteiger partial charge in [-0.05, 0) is 45.7 Å². The van der Waals surface area contributed by atoms with Gasteiger partial charge < -0.3 is 24.3 Å². The second kappa shape index (κ2) is 11.1. The minimum absolute atomic E-state index is 0.0396. The van der Waals surface area contributed by atoms with Crippen LogP contribution in [-0.2, 0) is 46.4 Å². The largest absolute Gasteiger partial charge is 0.443 e. The lowest BCUT2D eigenvalue weighted by Gasteiger charge is -2.50. The SMILES string of the molecule is CC(C)(C)OC(=O)N1[C@H]2[C@@H]3OC(C)(C)O[C@@H]3[C@@H](ON2C(=O)OCc2ccccc2)[C@H]2[C@@H](NC(=O)Cc3ccccc3)C(=O)N21. The highest BCUT2D eigenvalue weighted by molar-refractivity contribution is 5.95. The van der Waals surface area contributed by atoms with Crippen LogP contribution in [0.25, 0.3) is 0 Å². The lowest BCUT2D eigenvalue weighted by Crippen LogP contribution is -2.78. The molecule has 0 saturated carbocycles. The molecular formula is C31H36N4O9. The normalized spacial score (nSPS) is 28.4. The fraction of sp³-hybridized carbons (Fsp3) is 0.484. The van der Waals surface area contributed by atoms with Gasteiger partial charge in [0.15, 0.2) is 12.0 Å². The molecule has 5 heterocycles. The Balaban J connectivity index is 1.35. The van der Waals surface area contributed by atoms with E-state index in [1.165, 1.54) is 5.01 Å². The van der Waals surface area contributed by atoms with E-state index < -0.39 is 72.0 Å². The fourth-order valence-electron chi connectivity index (χ4n) is 5.98. The molecule has 44 heavy (non-hydrogen) atoms. The van der Waals surface area contributed by atoms with Gasteiger partial charge in [-0.25, -0.2) is 14.6 Å². The summed E-state index contributed by atoms with van der Waals surface area (Å²) in [6.07, 6.45) is -5.87. The first-order valence-corrected chi connectivity index (χ1v) is 14.5. The third-order valence-corrected chi connectivity index (χ3v) is 7.68. The minimum Gasteiger partial charge on any atom is -0.443 e. The van der Waals surface area contributed by atoms with Crippen LogP contribution in [0.2, 0.25) is 0 Å². The Kier molecular flexibility index (Phi) is 7.50. The van der Waals surface area contributed by atoms with E-state index in [2.05, 4.69) is 5.32 Å². The van der Waals surface area contributed by atoms with Gasteiger partial charge in [0.1, 0.15) is 42.6 Å². The second-order valence-electron chi connectivity index (χ2n) is 12.6. The summed E-state index contributed by atoms with van der Waals surface area (Å²) in [5.74, 6) is -2.07. The number of β-lactam (4-membered cyclic amide) rings is 1. The van der Waals surface area contributed by atoms with E-state index in [0.717, 1.165) is 21.2 Å². The summed E-state index contributed by atoms with van der Waals surface area (Å²) in [6.45, 7) is 8.41. The van der Waals surface area contributed by atoms with Crippen LogP contribution in [0.1, 0.15) is 45.7 Å². The highest BCUT2D eigenvalue weighted by Gasteiger charge is 2.72. The number of rotatable bonds is 5. The van der Waals surface area contributed by atoms with E-state index in [1.807, 2.05) is 48.5 Å². The van der Waals surface area contributed by atoms with Gasteiger partial charge >= 0.3 is 12.2 Å². The molecule has 2 aromatic carbocycles. The van der Waals surface area contributed by atoms with Crippen molar-refractivity contribution in [1.29, 1.82) is 0 Å². The molecule has 2 aromatic rings. The van der Waals surface area contributed by atoms with Crippen LogP contribution >= 0.6 is 0 Å². The quantitative estimate of drug-likeness (QED) is 0.508. The number of benzene rings is 2. The van der Waals surface area contributed by atoms with Crippen molar-refractivity contribution in [2.24, 2.45) is 0 Å². The van der Waals surface area contributed by atoms with Crippen molar-refractivity contribution in [3.63, 3.8) is 0 Å². The van der Waals surface area contributed by atoms with Crippen LogP contribution in [0.5, 0.6) is 0 Å². The molecule has 5 aliphatic heterocycles. The monoisotopic (exact) mass is 608 g/mol. The summed E-state index contributed by atoms with van der Waals surface area (Å²) >= 11 is 0. The number of nitrogens with one attached hydrogen (secondary N) is 1. The van der Waals surface area contributed by atoms with Gasteiger partial charge in [0, 0.05) is 0 Å². The molecule has 1 N–H and O–H groups in total. The molecule has 0 aromatic heterocycles. The van der Waals surface area contributed by atoms with Crippen molar-refractivity contribution in [1.82, 2.24) is 20.4 Å². The summed E-state index contributed by atoms with van der Waals surface area (Å²) in [5.41, 5.74) is 0.562. The molecule has 5 saturated heterocycles. The number of carbonyl (C=O) groups excluding carboxylic acids is 4. The van der Waals surface area contributed by atoms with Crippen LogP contribution in [-0.4, -0.2) is 87.0 Å². The zero-order valence-corrected chi connectivity index (χ0v) is 25.2. The van der Waals surface area contributed by atoms with Gasteiger partial charge in [-0.15, -0.1) is 0 Å². The average Bonchev–Trinajstić information content (AvgIpc) is 3.18. The number of hydrogen-bond acceptors (Lipinski definition) is 9. The molecule has 7 rings (SSSR count). The molecule has 13 nitrogen and oxygen atoms in total. The molecule has 0 radical (unpaired) electrons.